The van der Waals surface area contributed by atoms with Crippen molar-refractivity contribution in [1.29, 1.82) is 0 Å². The number of nitrogens with zero attached hydrogens (tertiary/aromatic N) is 3. The molecule has 1 atom stereocenters. The number of aryl methyl sites for hydroxylation is 1. The smallest absolute Gasteiger partial charge is 0.310 e. The zero-order valence-electron chi connectivity index (χ0n) is 20.9. The number of aromatic nitrogens is 2. The van der Waals surface area contributed by atoms with Crippen molar-refractivity contribution in [2.45, 2.75) is 45.8 Å². The van der Waals surface area contributed by atoms with Gasteiger partial charge in [-0.15, -0.1) is 0 Å². The third-order valence-corrected chi connectivity index (χ3v) is 7.91. The van der Waals surface area contributed by atoms with Crippen LogP contribution < -0.4 is 4.74 Å². The van der Waals surface area contributed by atoms with E-state index in [-0.39, 0.29) is 17.9 Å². The largest absolute Gasteiger partial charge is 0.489 e. The molecule has 1 aliphatic carbocycles. The molecule has 36 heavy (non-hydrogen) atoms. The van der Waals surface area contributed by atoms with Crippen LogP contribution in [-0.2, 0) is 22.6 Å². The van der Waals surface area contributed by atoms with Crippen LogP contribution in [0.1, 0.15) is 49.4 Å². The summed E-state index contributed by atoms with van der Waals surface area (Å²) in [7, 11) is 1.46. The first-order valence-electron chi connectivity index (χ1n) is 12.4. The normalized spacial score (nSPS) is 18.2. The van der Waals surface area contributed by atoms with Gasteiger partial charge in [0.15, 0.2) is 5.15 Å². The molecule has 0 N–H and O–H groups in total. The van der Waals surface area contributed by atoms with Crippen molar-refractivity contribution in [2.24, 2.45) is 5.92 Å². The molecule has 2 heterocycles. The number of fused-ring (bicyclic) bond motifs is 2. The lowest BCUT2D eigenvalue weighted by atomic mass is 9.91. The third kappa shape index (κ3) is 4.99. The molecule has 1 fully saturated rings. The Kier molecular flexibility index (Phi) is 7.29. The molecule has 0 unspecified atom stereocenters. The minimum atomic E-state index is -0.118. The average Bonchev–Trinajstić information content (AvgIpc) is 3.48. The Morgan fingerprint density at radius 2 is 2.00 bits per heavy atom. The van der Waals surface area contributed by atoms with Crippen LogP contribution in [0.25, 0.3) is 15.9 Å². The number of likely N-dealkylation sites (tertiary alicyclic amines) is 1. The number of benzene rings is 2. The number of ether oxygens (including phenoxy) is 2. The van der Waals surface area contributed by atoms with Gasteiger partial charge >= 0.3 is 5.97 Å². The maximum absolute atomic E-state index is 11.8. The van der Waals surface area contributed by atoms with E-state index in [0.717, 1.165) is 71.7 Å². The molecule has 0 amide bonds. The van der Waals surface area contributed by atoms with E-state index in [0.29, 0.717) is 11.8 Å². The molecule has 8 heteroatoms. The molecule has 1 saturated heterocycles. The van der Waals surface area contributed by atoms with Gasteiger partial charge in [-0.05, 0) is 92.2 Å². The molecule has 1 aliphatic heterocycles. The second kappa shape index (κ2) is 10.4. The number of hydrogen-bond acceptors (Lipinski definition) is 5. The van der Waals surface area contributed by atoms with Crippen LogP contribution in [0.5, 0.6) is 5.75 Å². The molecule has 5 rings (SSSR count). The van der Waals surface area contributed by atoms with Gasteiger partial charge in [0.2, 0.25) is 0 Å². The first-order chi connectivity index (χ1) is 17.3. The molecule has 0 saturated carbocycles. The Balaban J connectivity index is 1.25. The summed E-state index contributed by atoms with van der Waals surface area (Å²) in [6.45, 7) is 7.04. The van der Waals surface area contributed by atoms with Gasteiger partial charge in [-0.2, -0.15) is 5.10 Å². The topological polar surface area (TPSA) is 56.6 Å². The highest BCUT2D eigenvalue weighted by Crippen LogP contribution is 2.37. The Morgan fingerprint density at radius 3 is 2.78 bits per heavy atom. The van der Waals surface area contributed by atoms with Crippen LogP contribution in [0.15, 0.2) is 42.0 Å². The zero-order chi connectivity index (χ0) is 25.4. The summed E-state index contributed by atoms with van der Waals surface area (Å²) in [6, 6.07) is 12.5. The first-order valence-corrected chi connectivity index (χ1v) is 13.2. The van der Waals surface area contributed by atoms with E-state index in [1.165, 1.54) is 18.2 Å². The fourth-order valence-electron chi connectivity index (χ4n) is 5.22. The highest BCUT2D eigenvalue weighted by Gasteiger charge is 2.30. The van der Waals surface area contributed by atoms with Crippen molar-refractivity contribution in [3.8, 4) is 5.75 Å². The average molecular weight is 528 g/mol. The van der Waals surface area contributed by atoms with E-state index in [9.17, 15) is 4.79 Å². The molecule has 2 aliphatic rings. The van der Waals surface area contributed by atoms with Crippen molar-refractivity contribution in [2.75, 3.05) is 26.7 Å². The number of rotatable bonds is 7. The monoisotopic (exact) mass is 527 g/mol. The van der Waals surface area contributed by atoms with Gasteiger partial charge in [0, 0.05) is 29.5 Å². The summed E-state index contributed by atoms with van der Waals surface area (Å²) in [5.74, 6) is 0.673. The van der Waals surface area contributed by atoms with Crippen LogP contribution in [0.2, 0.25) is 5.15 Å². The van der Waals surface area contributed by atoms with Gasteiger partial charge in [-0.1, -0.05) is 29.3 Å². The minimum Gasteiger partial charge on any atom is -0.489 e. The van der Waals surface area contributed by atoms with E-state index in [1.807, 2.05) is 10.7 Å². The zero-order valence-corrected chi connectivity index (χ0v) is 22.4. The standard InChI is InChI=1S/C28H31Cl2N3O3/c1-17(2)33-25-9-4-18(12-24(25)27(30)31-33)16-36-22-7-8-23-19(13-22)5-6-20(26(23)29)14-32-11-10-21(15-32)28(34)35-3/h4,7-9,12-13,17,21H,5-6,10-11,14-16H2,1-3H3/t21-/m1/s1. The number of carbonyl (C=O) groups is 1. The van der Waals surface area contributed by atoms with Crippen molar-refractivity contribution in [3.05, 3.63) is 63.8 Å². The SMILES string of the molecule is COC(=O)[C@@H]1CCN(CC2=C(Cl)c3ccc(OCc4ccc5c(c4)c(Cl)nn5C(C)C)cc3CC2)C1. The fraction of sp³-hybridized carbons (Fsp3) is 0.429. The van der Waals surface area contributed by atoms with Crippen molar-refractivity contribution >= 4 is 45.1 Å². The lowest BCUT2D eigenvalue weighted by Gasteiger charge is -2.24. The van der Waals surface area contributed by atoms with Gasteiger partial charge in [0.25, 0.3) is 0 Å². The molecule has 190 valence electrons. The van der Waals surface area contributed by atoms with E-state index in [4.69, 9.17) is 32.7 Å². The maximum Gasteiger partial charge on any atom is 0.310 e. The van der Waals surface area contributed by atoms with Gasteiger partial charge in [-0.3, -0.25) is 14.4 Å². The van der Waals surface area contributed by atoms with Gasteiger partial charge in [-0.25, -0.2) is 0 Å². The van der Waals surface area contributed by atoms with Crippen molar-refractivity contribution < 1.29 is 14.3 Å². The molecule has 0 bridgehead atoms. The minimum absolute atomic E-state index is 0.0342. The summed E-state index contributed by atoms with van der Waals surface area (Å²) in [4.78, 5) is 14.1. The summed E-state index contributed by atoms with van der Waals surface area (Å²) in [5, 5.41) is 6.74. The van der Waals surface area contributed by atoms with Gasteiger partial charge < -0.3 is 9.47 Å². The van der Waals surface area contributed by atoms with Gasteiger partial charge in [0.05, 0.1) is 18.5 Å². The van der Waals surface area contributed by atoms with Crippen LogP contribution in [0.4, 0.5) is 0 Å². The Labute approximate surface area is 221 Å². The van der Waals surface area contributed by atoms with Crippen LogP contribution in [0.3, 0.4) is 0 Å². The van der Waals surface area contributed by atoms with Gasteiger partial charge in [0.1, 0.15) is 12.4 Å². The van der Waals surface area contributed by atoms with E-state index >= 15 is 0 Å². The molecular weight excluding hydrogens is 497 g/mol. The Morgan fingerprint density at radius 1 is 1.17 bits per heavy atom. The lowest BCUT2D eigenvalue weighted by molar-refractivity contribution is -0.144. The summed E-state index contributed by atoms with van der Waals surface area (Å²) in [5.41, 5.74) is 5.58. The van der Waals surface area contributed by atoms with Crippen LogP contribution >= 0.6 is 23.2 Å². The molecule has 2 aromatic carbocycles. The first kappa shape index (κ1) is 25.1. The van der Waals surface area contributed by atoms with E-state index in [2.05, 4.69) is 54.2 Å². The van der Waals surface area contributed by atoms with Crippen molar-refractivity contribution in [3.63, 3.8) is 0 Å². The predicted octanol–water partition coefficient (Wildman–Crippen LogP) is 6.24. The molecule has 0 spiro atoms. The summed E-state index contributed by atoms with van der Waals surface area (Å²) < 4.78 is 13.0. The number of esters is 1. The quantitative estimate of drug-likeness (QED) is 0.340. The summed E-state index contributed by atoms with van der Waals surface area (Å²) in [6.07, 6.45) is 2.67. The number of halogens is 2. The highest BCUT2D eigenvalue weighted by molar-refractivity contribution is 6.49. The second-order valence-corrected chi connectivity index (χ2v) is 10.7. The van der Waals surface area contributed by atoms with E-state index < -0.39 is 0 Å². The molecule has 0 radical (unpaired) electrons. The molecular formula is C28H31Cl2N3O3. The summed E-state index contributed by atoms with van der Waals surface area (Å²) >= 11 is 13.2. The van der Waals surface area contributed by atoms with Crippen LogP contribution in [-0.4, -0.2) is 47.4 Å². The number of hydrogen-bond donors (Lipinski definition) is 0. The molecule has 3 aromatic rings. The Hall–Kier alpha value is -2.54. The van der Waals surface area contributed by atoms with E-state index in [1.54, 1.807) is 0 Å². The second-order valence-electron chi connectivity index (χ2n) is 9.95. The lowest BCUT2D eigenvalue weighted by Crippen LogP contribution is -2.27. The Bertz CT molecular complexity index is 1330. The maximum atomic E-state index is 11.8. The number of methoxy groups -OCH3 is 1. The van der Waals surface area contributed by atoms with Crippen LogP contribution in [0, 0.1) is 5.92 Å². The number of carbonyl (C=O) groups excluding carboxylic acids is 1. The van der Waals surface area contributed by atoms with Crippen molar-refractivity contribution in [1.82, 2.24) is 14.7 Å². The predicted molar refractivity (Wildman–Crippen MR) is 144 cm³/mol. The molecule has 1 aromatic heterocycles. The highest BCUT2D eigenvalue weighted by atomic mass is 35.5. The molecule has 6 nitrogen and oxygen atoms in total. The fourth-order valence-corrected chi connectivity index (χ4v) is 5.79. The third-order valence-electron chi connectivity index (χ3n) is 7.16.